The number of aliphatic hydroxyl groups is 1. The van der Waals surface area contributed by atoms with E-state index in [0.717, 1.165) is 43.4 Å². The van der Waals surface area contributed by atoms with Gasteiger partial charge in [-0.05, 0) is 88.3 Å². The Hall–Kier alpha value is -1.55. The molecule has 5 rings (SSSR count). The van der Waals surface area contributed by atoms with Gasteiger partial charge in [0.05, 0.1) is 5.60 Å². The number of carbonyl (C=O) groups is 1. The molecule has 0 spiro atoms. The average molecular weight is 343 g/mol. The number of ether oxygens (including phenoxy) is 1. The topological polar surface area (TPSA) is 58.6 Å². The van der Waals surface area contributed by atoms with Gasteiger partial charge in [-0.1, -0.05) is 12.1 Å². The molecule has 4 bridgehead atoms. The highest BCUT2D eigenvalue weighted by molar-refractivity contribution is 5.85. The molecular formula is C21H29NO3. The summed E-state index contributed by atoms with van der Waals surface area (Å²) in [7, 11) is 0. The van der Waals surface area contributed by atoms with Gasteiger partial charge in [-0.2, -0.15) is 0 Å². The van der Waals surface area contributed by atoms with Crippen molar-refractivity contribution < 1.29 is 14.6 Å². The number of rotatable bonds is 4. The Morgan fingerprint density at radius 2 is 1.92 bits per heavy atom. The monoisotopic (exact) mass is 343 g/mol. The van der Waals surface area contributed by atoms with Gasteiger partial charge in [0.15, 0.2) is 5.60 Å². The molecule has 0 heterocycles. The lowest BCUT2D eigenvalue weighted by molar-refractivity contribution is -0.152. The van der Waals surface area contributed by atoms with Gasteiger partial charge in [0, 0.05) is 6.04 Å². The first-order valence-electron chi connectivity index (χ1n) is 9.53. The third-order valence-corrected chi connectivity index (χ3v) is 6.45. The Kier molecular flexibility index (Phi) is 3.87. The van der Waals surface area contributed by atoms with Crippen molar-refractivity contribution >= 4 is 5.91 Å². The van der Waals surface area contributed by atoms with E-state index in [1.165, 1.54) is 0 Å². The molecule has 0 aliphatic heterocycles. The zero-order valence-electron chi connectivity index (χ0n) is 15.4. The van der Waals surface area contributed by atoms with Crippen LogP contribution in [0.5, 0.6) is 5.75 Å². The van der Waals surface area contributed by atoms with Crippen LogP contribution in [0.3, 0.4) is 0 Å². The summed E-state index contributed by atoms with van der Waals surface area (Å²) in [6.45, 7) is 5.67. The quantitative estimate of drug-likeness (QED) is 0.882. The van der Waals surface area contributed by atoms with E-state index in [-0.39, 0.29) is 11.9 Å². The van der Waals surface area contributed by atoms with E-state index in [9.17, 15) is 9.90 Å². The first-order chi connectivity index (χ1) is 11.7. The molecule has 136 valence electrons. The van der Waals surface area contributed by atoms with Crippen LogP contribution in [0, 0.1) is 24.7 Å². The standard InChI is InChI=1S/C21H29NO3/c1-13-5-4-6-17(7-13)25-20(2,3)19(23)22-18-15-8-14-9-16(18)12-21(24,10-14)11-15/h4-7,14-16,18,24H,8-12H2,1-3H3,(H,22,23)/t14?,15-,16+,18+,21+. The fraction of sp³-hybridized carbons (Fsp3) is 0.667. The molecule has 1 aromatic carbocycles. The van der Waals surface area contributed by atoms with Crippen LogP contribution in [0.15, 0.2) is 24.3 Å². The number of aryl methyl sites for hydroxylation is 1. The minimum absolute atomic E-state index is 0.0570. The fourth-order valence-electron chi connectivity index (χ4n) is 5.56. The summed E-state index contributed by atoms with van der Waals surface area (Å²) in [5.74, 6) is 2.13. The van der Waals surface area contributed by atoms with Crippen molar-refractivity contribution in [3.05, 3.63) is 29.8 Å². The minimum Gasteiger partial charge on any atom is -0.478 e. The SMILES string of the molecule is Cc1cccc(OC(C)(C)C(=O)N[C@H]2[C@@H]3CC4C[C@H]2C[C@](O)(C4)C3)c1. The molecule has 4 heteroatoms. The van der Waals surface area contributed by atoms with Gasteiger partial charge in [0.1, 0.15) is 5.75 Å². The van der Waals surface area contributed by atoms with Crippen LogP contribution in [0.4, 0.5) is 0 Å². The molecule has 0 aromatic heterocycles. The number of hydrogen-bond donors (Lipinski definition) is 2. The summed E-state index contributed by atoms with van der Waals surface area (Å²) < 4.78 is 6.00. The normalized spacial score (nSPS) is 36.3. The van der Waals surface area contributed by atoms with Crippen LogP contribution < -0.4 is 10.1 Å². The third kappa shape index (κ3) is 3.17. The van der Waals surface area contributed by atoms with Crippen molar-refractivity contribution in [1.29, 1.82) is 0 Å². The molecular weight excluding hydrogens is 314 g/mol. The summed E-state index contributed by atoms with van der Waals surface area (Å²) in [4.78, 5) is 12.9. The molecule has 4 aliphatic carbocycles. The molecule has 4 aliphatic rings. The Balaban J connectivity index is 1.44. The van der Waals surface area contributed by atoms with Crippen LogP contribution in [-0.4, -0.2) is 28.3 Å². The maximum atomic E-state index is 12.9. The summed E-state index contributed by atoms with van der Waals surface area (Å²) in [5.41, 5.74) is -0.270. The summed E-state index contributed by atoms with van der Waals surface area (Å²) >= 11 is 0. The van der Waals surface area contributed by atoms with Crippen molar-refractivity contribution in [1.82, 2.24) is 5.32 Å². The van der Waals surface area contributed by atoms with Crippen LogP contribution in [0.2, 0.25) is 0 Å². The van der Waals surface area contributed by atoms with E-state index in [1.54, 1.807) is 0 Å². The lowest BCUT2D eigenvalue weighted by Crippen LogP contribution is -2.63. The first-order valence-corrected chi connectivity index (χ1v) is 9.53. The molecule has 1 unspecified atom stereocenters. The summed E-state index contributed by atoms with van der Waals surface area (Å²) in [6.07, 6.45) is 4.92. The predicted molar refractivity (Wildman–Crippen MR) is 96.3 cm³/mol. The van der Waals surface area contributed by atoms with Crippen molar-refractivity contribution in [3.63, 3.8) is 0 Å². The molecule has 25 heavy (non-hydrogen) atoms. The van der Waals surface area contributed by atoms with Crippen LogP contribution in [0.1, 0.15) is 51.5 Å². The van der Waals surface area contributed by atoms with Gasteiger partial charge in [-0.15, -0.1) is 0 Å². The average Bonchev–Trinajstić information content (AvgIpc) is 2.48. The van der Waals surface area contributed by atoms with Crippen LogP contribution in [0.25, 0.3) is 0 Å². The molecule has 1 amide bonds. The lowest BCUT2D eigenvalue weighted by atomic mass is 9.52. The highest BCUT2D eigenvalue weighted by Gasteiger charge is 2.55. The van der Waals surface area contributed by atoms with Gasteiger partial charge in [-0.3, -0.25) is 4.79 Å². The molecule has 0 radical (unpaired) electrons. The number of benzene rings is 1. The lowest BCUT2D eigenvalue weighted by Gasteiger charge is -2.58. The molecule has 4 fully saturated rings. The van der Waals surface area contributed by atoms with Crippen LogP contribution in [-0.2, 0) is 4.79 Å². The van der Waals surface area contributed by atoms with Crippen molar-refractivity contribution in [2.45, 2.75) is 70.1 Å². The van der Waals surface area contributed by atoms with Gasteiger partial charge in [0.2, 0.25) is 0 Å². The molecule has 0 saturated heterocycles. The Morgan fingerprint density at radius 3 is 2.52 bits per heavy atom. The van der Waals surface area contributed by atoms with Gasteiger partial charge in [0.25, 0.3) is 5.91 Å². The molecule has 4 saturated carbocycles. The number of amides is 1. The zero-order chi connectivity index (χ0) is 17.8. The van der Waals surface area contributed by atoms with Crippen molar-refractivity contribution in [2.24, 2.45) is 17.8 Å². The molecule has 2 N–H and O–H groups in total. The summed E-state index contributed by atoms with van der Waals surface area (Å²) in [5, 5.41) is 14.0. The predicted octanol–water partition coefficient (Wildman–Crippen LogP) is 3.21. The molecule has 1 aromatic rings. The highest BCUT2D eigenvalue weighted by Crippen LogP contribution is 2.55. The zero-order valence-corrected chi connectivity index (χ0v) is 15.4. The Morgan fingerprint density at radius 1 is 1.24 bits per heavy atom. The third-order valence-electron chi connectivity index (χ3n) is 6.45. The molecule has 4 nitrogen and oxygen atoms in total. The largest absolute Gasteiger partial charge is 0.478 e. The minimum atomic E-state index is -0.917. The Bertz CT molecular complexity index is 667. The number of carbonyl (C=O) groups excluding carboxylic acids is 1. The van der Waals surface area contributed by atoms with E-state index < -0.39 is 11.2 Å². The Labute approximate surface area is 150 Å². The van der Waals surface area contributed by atoms with E-state index in [0.29, 0.717) is 17.8 Å². The second-order valence-corrected chi connectivity index (χ2v) is 9.12. The van der Waals surface area contributed by atoms with Crippen LogP contribution >= 0.6 is 0 Å². The first kappa shape index (κ1) is 16.9. The number of nitrogens with one attached hydrogen (secondary N) is 1. The van der Waals surface area contributed by atoms with Crippen molar-refractivity contribution in [2.75, 3.05) is 0 Å². The van der Waals surface area contributed by atoms with Crippen molar-refractivity contribution in [3.8, 4) is 5.75 Å². The second kappa shape index (κ2) is 5.73. The van der Waals surface area contributed by atoms with E-state index in [2.05, 4.69) is 5.32 Å². The van der Waals surface area contributed by atoms with Gasteiger partial charge in [-0.25, -0.2) is 0 Å². The fourth-order valence-corrected chi connectivity index (χ4v) is 5.56. The maximum absolute atomic E-state index is 12.9. The number of hydrogen-bond acceptors (Lipinski definition) is 3. The van der Waals surface area contributed by atoms with E-state index >= 15 is 0 Å². The summed E-state index contributed by atoms with van der Waals surface area (Å²) in [6, 6.07) is 7.98. The van der Waals surface area contributed by atoms with Gasteiger partial charge < -0.3 is 15.2 Å². The second-order valence-electron chi connectivity index (χ2n) is 9.12. The van der Waals surface area contributed by atoms with Gasteiger partial charge >= 0.3 is 0 Å². The highest BCUT2D eigenvalue weighted by atomic mass is 16.5. The van der Waals surface area contributed by atoms with E-state index in [1.807, 2.05) is 45.0 Å². The maximum Gasteiger partial charge on any atom is 0.263 e. The smallest absolute Gasteiger partial charge is 0.263 e. The molecule has 5 atom stereocenters. The van der Waals surface area contributed by atoms with E-state index in [4.69, 9.17) is 4.74 Å².